The Hall–Kier alpha value is -1.21. The van der Waals surface area contributed by atoms with Crippen LogP contribution in [0, 0.1) is 0 Å². The Morgan fingerprint density at radius 1 is 1.25 bits per heavy atom. The van der Waals surface area contributed by atoms with Gasteiger partial charge in [0.2, 0.25) is 0 Å². The molecule has 102 valence electrons. The van der Waals surface area contributed by atoms with Crippen LogP contribution in [0.5, 0.6) is 0 Å². The Morgan fingerprint density at radius 2 is 2.00 bits per heavy atom. The number of pyridine rings is 1. The predicted octanol–water partition coefficient (Wildman–Crippen LogP) is 3.88. The summed E-state index contributed by atoms with van der Waals surface area (Å²) in [6.07, 6.45) is 0. The van der Waals surface area contributed by atoms with Crippen molar-refractivity contribution in [2.75, 3.05) is 0 Å². The molecule has 1 N–H and O–H groups in total. The summed E-state index contributed by atoms with van der Waals surface area (Å²) in [4.78, 5) is 7.54. The average Bonchev–Trinajstić information content (AvgIpc) is 2.77. The van der Waals surface area contributed by atoms with Crippen LogP contribution in [-0.4, -0.2) is 18.7 Å². The van der Waals surface area contributed by atoms with Crippen molar-refractivity contribution in [2.45, 2.75) is 4.90 Å². The number of nitrogens with one attached hydrogen (secondary N) is 1. The first-order valence-corrected chi connectivity index (χ1v) is 7.84. The normalized spacial score (nSPS) is 12.8. The van der Waals surface area contributed by atoms with E-state index in [0.29, 0.717) is 21.8 Å². The van der Waals surface area contributed by atoms with E-state index < -0.39 is 11.1 Å². The van der Waals surface area contributed by atoms with Gasteiger partial charge in [-0.3, -0.25) is 4.21 Å². The van der Waals surface area contributed by atoms with E-state index >= 15 is 0 Å². The summed E-state index contributed by atoms with van der Waals surface area (Å²) in [6.45, 7) is 0. The monoisotopic (exact) mass is 369 g/mol. The lowest BCUT2D eigenvalue weighted by Crippen LogP contribution is -1.94. The standard InChI is InChI=1S/C13H8BrClN2O2S/c14-11-6-9-13(17-11)8(5-12(15)16-9)7-3-1-2-4-10(7)20(18)19/h1-6,17H,(H,18,19)/p-1. The zero-order valence-corrected chi connectivity index (χ0v) is 13.1. The van der Waals surface area contributed by atoms with E-state index in [2.05, 4.69) is 25.9 Å². The molecular formula is C13H7BrClN2O2S-. The molecule has 0 aliphatic carbocycles. The molecule has 3 rings (SSSR count). The molecule has 3 aromatic rings. The molecule has 2 heterocycles. The number of hydrogen-bond acceptors (Lipinski definition) is 3. The van der Waals surface area contributed by atoms with Gasteiger partial charge < -0.3 is 9.54 Å². The molecule has 0 fully saturated rings. The molecule has 1 aromatic carbocycles. The fourth-order valence-electron chi connectivity index (χ4n) is 2.09. The third-order valence-electron chi connectivity index (χ3n) is 2.88. The highest BCUT2D eigenvalue weighted by molar-refractivity contribution is 9.10. The minimum atomic E-state index is -2.32. The lowest BCUT2D eigenvalue weighted by atomic mass is 10.1. The van der Waals surface area contributed by atoms with E-state index in [9.17, 15) is 8.76 Å². The van der Waals surface area contributed by atoms with Gasteiger partial charge in [-0.15, -0.1) is 0 Å². The molecule has 4 nitrogen and oxygen atoms in total. The van der Waals surface area contributed by atoms with Gasteiger partial charge in [0.1, 0.15) is 5.15 Å². The maximum Gasteiger partial charge on any atom is 0.130 e. The maximum atomic E-state index is 11.4. The van der Waals surface area contributed by atoms with Crippen molar-refractivity contribution in [1.82, 2.24) is 9.97 Å². The summed E-state index contributed by atoms with van der Waals surface area (Å²) in [5, 5.41) is 0.311. The minimum absolute atomic E-state index is 0.224. The van der Waals surface area contributed by atoms with Gasteiger partial charge >= 0.3 is 0 Å². The Labute approximate surface area is 130 Å². The van der Waals surface area contributed by atoms with Gasteiger partial charge in [-0.05, 0) is 50.8 Å². The molecule has 20 heavy (non-hydrogen) atoms. The van der Waals surface area contributed by atoms with Crippen LogP contribution in [0.1, 0.15) is 0 Å². The summed E-state index contributed by atoms with van der Waals surface area (Å²) in [5.41, 5.74) is 2.69. The molecule has 0 aliphatic rings. The molecule has 0 bridgehead atoms. The van der Waals surface area contributed by atoms with E-state index in [-0.39, 0.29) is 4.90 Å². The van der Waals surface area contributed by atoms with Crippen LogP contribution in [0.25, 0.3) is 22.2 Å². The highest BCUT2D eigenvalue weighted by Gasteiger charge is 2.13. The van der Waals surface area contributed by atoms with Crippen molar-refractivity contribution < 1.29 is 8.76 Å². The van der Waals surface area contributed by atoms with E-state index in [4.69, 9.17) is 11.6 Å². The van der Waals surface area contributed by atoms with Crippen LogP contribution in [0.2, 0.25) is 5.15 Å². The first kappa shape index (κ1) is 13.8. The number of halogens is 2. The third-order valence-corrected chi connectivity index (χ3v) is 4.22. The summed E-state index contributed by atoms with van der Waals surface area (Å²) in [7, 11) is 0. The maximum absolute atomic E-state index is 11.4. The molecular weight excluding hydrogens is 364 g/mol. The first-order chi connectivity index (χ1) is 9.56. The van der Waals surface area contributed by atoms with Gasteiger partial charge in [-0.2, -0.15) is 0 Å². The molecule has 0 amide bonds. The molecule has 1 atom stereocenters. The molecule has 7 heteroatoms. The van der Waals surface area contributed by atoms with Gasteiger partial charge in [-0.1, -0.05) is 29.8 Å². The number of H-pyrrole nitrogens is 1. The van der Waals surface area contributed by atoms with Crippen LogP contribution in [0.3, 0.4) is 0 Å². The van der Waals surface area contributed by atoms with Crippen LogP contribution in [0.4, 0.5) is 0 Å². The second-order valence-electron chi connectivity index (χ2n) is 4.10. The van der Waals surface area contributed by atoms with Crippen molar-refractivity contribution in [3.05, 3.63) is 46.2 Å². The summed E-state index contributed by atoms with van der Waals surface area (Å²) in [5.74, 6) is 0. The molecule has 0 saturated carbocycles. The van der Waals surface area contributed by atoms with Gasteiger partial charge in [0, 0.05) is 10.5 Å². The van der Waals surface area contributed by atoms with Gasteiger partial charge in [-0.25, -0.2) is 4.98 Å². The second kappa shape index (κ2) is 5.29. The quantitative estimate of drug-likeness (QED) is 0.550. The summed E-state index contributed by atoms with van der Waals surface area (Å²) < 4.78 is 23.5. The van der Waals surface area contributed by atoms with Crippen LogP contribution >= 0.6 is 27.5 Å². The Bertz CT molecular complexity index is 834. The van der Waals surface area contributed by atoms with Crippen LogP contribution in [-0.2, 0) is 11.1 Å². The van der Waals surface area contributed by atoms with Gasteiger partial charge in [0.15, 0.2) is 0 Å². The second-order valence-corrected chi connectivity index (χ2v) is 6.25. The van der Waals surface area contributed by atoms with Gasteiger partial charge in [0.05, 0.1) is 15.6 Å². The Morgan fingerprint density at radius 3 is 2.75 bits per heavy atom. The molecule has 0 aliphatic heterocycles. The third kappa shape index (κ3) is 2.40. The number of aromatic amines is 1. The topological polar surface area (TPSA) is 68.8 Å². The number of hydrogen-bond donors (Lipinski definition) is 1. The fourth-order valence-corrected chi connectivity index (χ4v) is 3.25. The molecule has 0 radical (unpaired) electrons. The smallest absolute Gasteiger partial charge is 0.130 e. The number of benzene rings is 1. The Kier molecular flexibility index (Phi) is 3.64. The predicted molar refractivity (Wildman–Crippen MR) is 81.4 cm³/mol. The zero-order chi connectivity index (χ0) is 14.3. The highest BCUT2D eigenvalue weighted by Crippen LogP contribution is 2.34. The molecule has 1 unspecified atom stereocenters. The summed E-state index contributed by atoms with van der Waals surface area (Å²) >= 11 is 7.04. The van der Waals surface area contributed by atoms with Crippen molar-refractivity contribution in [1.29, 1.82) is 0 Å². The van der Waals surface area contributed by atoms with Gasteiger partial charge in [0.25, 0.3) is 0 Å². The highest BCUT2D eigenvalue weighted by atomic mass is 79.9. The largest absolute Gasteiger partial charge is 0.768 e. The average molecular weight is 371 g/mol. The van der Waals surface area contributed by atoms with Crippen LogP contribution < -0.4 is 0 Å². The van der Waals surface area contributed by atoms with E-state index in [0.717, 1.165) is 10.1 Å². The number of aromatic nitrogens is 2. The molecule has 0 saturated heterocycles. The van der Waals surface area contributed by atoms with Crippen LogP contribution in [0.15, 0.2) is 45.9 Å². The van der Waals surface area contributed by atoms with Crippen molar-refractivity contribution in [2.24, 2.45) is 0 Å². The van der Waals surface area contributed by atoms with Crippen molar-refractivity contribution in [3.8, 4) is 11.1 Å². The number of rotatable bonds is 2. The van der Waals surface area contributed by atoms with E-state index in [1.165, 1.54) is 0 Å². The lowest BCUT2D eigenvalue weighted by Gasteiger charge is -2.12. The zero-order valence-electron chi connectivity index (χ0n) is 9.89. The van der Waals surface area contributed by atoms with E-state index in [1.54, 1.807) is 36.4 Å². The molecule has 2 aromatic heterocycles. The molecule has 0 spiro atoms. The van der Waals surface area contributed by atoms with Crippen molar-refractivity contribution in [3.63, 3.8) is 0 Å². The number of fused-ring (bicyclic) bond motifs is 1. The first-order valence-electron chi connectivity index (χ1n) is 5.59. The Balaban J connectivity index is 2.37. The SMILES string of the molecule is O=S([O-])c1ccccc1-c1cc(Cl)nc2cc(Br)[nH]c12. The van der Waals surface area contributed by atoms with E-state index in [1.807, 2.05) is 0 Å². The van der Waals surface area contributed by atoms with Crippen molar-refractivity contribution >= 4 is 49.6 Å². The lowest BCUT2D eigenvalue weighted by molar-refractivity contribution is 0.537. The fraction of sp³-hybridized carbons (Fsp3) is 0. The summed E-state index contributed by atoms with van der Waals surface area (Å²) in [6, 6.07) is 10.2. The number of nitrogens with zero attached hydrogens (tertiary/aromatic N) is 1. The minimum Gasteiger partial charge on any atom is -0.768 e.